The van der Waals surface area contributed by atoms with E-state index in [1.165, 1.54) is 0 Å². The number of anilines is 1. The number of aliphatic imine (C=N–C) groups is 1. The number of morpholine rings is 1. The average Bonchev–Trinajstić information content (AvgIpc) is 3.21. The molecule has 3 aliphatic heterocycles. The zero-order valence-corrected chi connectivity index (χ0v) is 15.8. The summed E-state index contributed by atoms with van der Waals surface area (Å²) in [5.41, 5.74) is 4.19. The number of rotatable bonds is 4. The molecule has 0 saturated carbocycles. The molecule has 5 heterocycles. The highest BCUT2D eigenvalue weighted by Crippen LogP contribution is 2.31. The van der Waals surface area contributed by atoms with Crippen molar-refractivity contribution in [3.8, 4) is 5.88 Å². The highest BCUT2D eigenvalue weighted by atomic mass is 16.5. The molecule has 0 spiro atoms. The van der Waals surface area contributed by atoms with Crippen LogP contribution in [0.2, 0.25) is 0 Å². The summed E-state index contributed by atoms with van der Waals surface area (Å²) in [6.45, 7) is 5.35. The first-order chi connectivity index (χ1) is 13.9. The Morgan fingerprint density at radius 3 is 2.61 bits per heavy atom. The van der Waals surface area contributed by atoms with Gasteiger partial charge in [0.05, 0.1) is 44.2 Å². The normalized spacial score (nSPS) is 20.0. The Morgan fingerprint density at radius 2 is 1.75 bits per heavy atom. The maximum Gasteiger partial charge on any atom is 0.223 e. The van der Waals surface area contributed by atoms with Gasteiger partial charge >= 0.3 is 0 Å². The van der Waals surface area contributed by atoms with Gasteiger partial charge in [0.1, 0.15) is 11.9 Å². The SMILES string of the molecule is c1cc(C2=NCc3ccnc(OC4CCOCC4)c32)cc(N2CCOCC2)n1. The third-order valence-electron chi connectivity index (χ3n) is 5.45. The van der Waals surface area contributed by atoms with E-state index in [9.17, 15) is 0 Å². The van der Waals surface area contributed by atoms with Gasteiger partial charge in [-0.05, 0) is 23.8 Å². The second kappa shape index (κ2) is 7.85. The zero-order chi connectivity index (χ0) is 18.8. The number of hydrogen-bond donors (Lipinski definition) is 0. The van der Waals surface area contributed by atoms with E-state index in [0.29, 0.717) is 12.4 Å². The number of pyridine rings is 2. The van der Waals surface area contributed by atoms with Gasteiger partial charge in [-0.2, -0.15) is 0 Å². The summed E-state index contributed by atoms with van der Waals surface area (Å²) in [6, 6.07) is 6.17. The van der Waals surface area contributed by atoms with Crippen molar-refractivity contribution < 1.29 is 14.2 Å². The van der Waals surface area contributed by atoms with E-state index in [0.717, 1.165) is 80.6 Å². The fourth-order valence-corrected chi connectivity index (χ4v) is 3.92. The van der Waals surface area contributed by atoms with Gasteiger partial charge in [-0.1, -0.05) is 0 Å². The lowest BCUT2D eigenvalue weighted by atomic mass is 10.0. The minimum atomic E-state index is 0.149. The van der Waals surface area contributed by atoms with Gasteiger partial charge in [0, 0.05) is 43.9 Å². The molecule has 0 radical (unpaired) electrons. The molecule has 5 rings (SSSR count). The molecule has 0 bridgehead atoms. The standard InChI is InChI=1S/C21H24N4O3/c1-5-22-18(25-7-11-27-12-8-25)13-15(1)20-19-16(14-24-20)2-6-23-21(19)28-17-3-9-26-10-4-17/h1-2,5-6,13,17H,3-4,7-12,14H2. The number of nitrogens with zero attached hydrogens (tertiary/aromatic N) is 4. The van der Waals surface area contributed by atoms with Gasteiger partial charge in [-0.15, -0.1) is 0 Å². The number of fused-ring (bicyclic) bond motifs is 1. The molecule has 0 aromatic carbocycles. The molecule has 0 aliphatic carbocycles. The van der Waals surface area contributed by atoms with E-state index >= 15 is 0 Å². The third kappa shape index (κ3) is 3.47. The lowest BCUT2D eigenvalue weighted by Gasteiger charge is -2.28. The summed E-state index contributed by atoms with van der Waals surface area (Å²) in [4.78, 5) is 16.2. The molecule has 2 fully saturated rings. The van der Waals surface area contributed by atoms with Gasteiger partial charge in [-0.3, -0.25) is 4.99 Å². The molecule has 2 aromatic rings. The van der Waals surface area contributed by atoms with E-state index in [4.69, 9.17) is 19.2 Å². The van der Waals surface area contributed by atoms with Crippen LogP contribution in [0.25, 0.3) is 0 Å². The Hall–Kier alpha value is -2.51. The highest BCUT2D eigenvalue weighted by Gasteiger charge is 2.26. The van der Waals surface area contributed by atoms with Crippen molar-refractivity contribution in [2.24, 2.45) is 4.99 Å². The Morgan fingerprint density at radius 1 is 0.964 bits per heavy atom. The monoisotopic (exact) mass is 380 g/mol. The molecule has 0 N–H and O–H groups in total. The van der Waals surface area contributed by atoms with Gasteiger partial charge in [0.2, 0.25) is 5.88 Å². The molecule has 2 aromatic heterocycles. The van der Waals surface area contributed by atoms with Crippen LogP contribution in [0.15, 0.2) is 35.6 Å². The fourth-order valence-electron chi connectivity index (χ4n) is 3.92. The van der Waals surface area contributed by atoms with Crippen LogP contribution in [-0.2, 0) is 16.0 Å². The molecule has 0 amide bonds. The summed E-state index contributed by atoms with van der Waals surface area (Å²) >= 11 is 0. The molecule has 3 aliphatic rings. The topological polar surface area (TPSA) is 69.1 Å². The van der Waals surface area contributed by atoms with Gasteiger partial charge in [0.15, 0.2) is 0 Å². The van der Waals surface area contributed by atoms with Crippen molar-refractivity contribution in [2.45, 2.75) is 25.5 Å². The van der Waals surface area contributed by atoms with E-state index in [-0.39, 0.29) is 6.10 Å². The molecular weight excluding hydrogens is 356 g/mol. The predicted octanol–water partition coefficient (Wildman–Crippen LogP) is 2.22. The van der Waals surface area contributed by atoms with Crippen molar-refractivity contribution in [2.75, 3.05) is 44.4 Å². The van der Waals surface area contributed by atoms with Crippen molar-refractivity contribution in [1.29, 1.82) is 0 Å². The van der Waals surface area contributed by atoms with Crippen molar-refractivity contribution in [3.63, 3.8) is 0 Å². The summed E-state index contributed by atoms with van der Waals surface area (Å²) in [5.74, 6) is 1.65. The van der Waals surface area contributed by atoms with Gasteiger partial charge in [0.25, 0.3) is 0 Å². The maximum atomic E-state index is 6.28. The maximum absolute atomic E-state index is 6.28. The van der Waals surface area contributed by atoms with Crippen LogP contribution in [0.3, 0.4) is 0 Å². The molecule has 0 atom stereocenters. The molecule has 0 unspecified atom stereocenters. The molecule has 146 valence electrons. The first-order valence-corrected chi connectivity index (χ1v) is 9.95. The van der Waals surface area contributed by atoms with E-state index in [1.807, 2.05) is 24.5 Å². The van der Waals surface area contributed by atoms with Gasteiger partial charge < -0.3 is 19.1 Å². The largest absolute Gasteiger partial charge is 0.474 e. The second-order valence-electron chi connectivity index (χ2n) is 7.25. The fraction of sp³-hybridized carbons (Fsp3) is 0.476. The average molecular weight is 380 g/mol. The van der Waals surface area contributed by atoms with Crippen molar-refractivity contribution >= 4 is 11.5 Å². The first kappa shape index (κ1) is 17.6. The second-order valence-corrected chi connectivity index (χ2v) is 7.25. The quantitative estimate of drug-likeness (QED) is 0.810. The Kier molecular flexibility index (Phi) is 4.93. The predicted molar refractivity (Wildman–Crippen MR) is 105 cm³/mol. The van der Waals surface area contributed by atoms with Crippen LogP contribution in [0.4, 0.5) is 5.82 Å². The lowest BCUT2D eigenvalue weighted by Crippen LogP contribution is -2.36. The number of ether oxygens (including phenoxy) is 3. The van der Waals surface area contributed by atoms with Crippen LogP contribution < -0.4 is 9.64 Å². The molecular formula is C21H24N4O3. The Labute approximate surface area is 164 Å². The van der Waals surface area contributed by atoms with Crippen LogP contribution in [-0.4, -0.2) is 61.3 Å². The van der Waals surface area contributed by atoms with Crippen LogP contribution in [0.1, 0.15) is 29.5 Å². The van der Waals surface area contributed by atoms with Crippen LogP contribution in [0, 0.1) is 0 Å². The minimum absolute atomic E-state index is 0.149. The van der Waals surface area contributed by atoms with E-state index in [2.05, 4.69) is 20.9 Å². The minimum Gasteiger partial charge on any atom is -0.474 e. The highest BCUT2D eigenvalue weighted by molar-refractivity contribution is 6.16. The number of hydrogen-bond acceptors (Lipinski definition) is 7. The summed E-state index contributed by atoms with van der Waals surface area (Å²) in [5, 5.41) is 0. The van der Waals surface area contributed by atoms with Crippen LogP contribution >= 0.6 is 0 Å². The molecule has 28 heavy (non-hydrogen) atoms. The Balaban J connectivity index is 1.44. The summed E-state index contributed by atoms with van der Waals surface area (Å²) < 4.78 is 17.2. The van der Waals surface area contributed by atoms with Crippen molar-refractivity contribution in [3.05, 3.63) is 47.3 Å². The first-order valence-electron chi connectivity index (χ1n) is 9.95. The summed E-state index contributed by atoms with van der Waals surface area (Å²) in [7, 11) is 0. The number of aromatic nitrogens is 2. The van der Waals surface area contributed by atoms with Gasteiger partial charge in [-0.25, -0.2) is 9.97 Å². The summed E-state index contributed by atoms with van der Waals surface area (Å²) in [6.07, 6.45) is 5.62. The molecule has 7 heteroatoms. The molecule has 2 saturated heterocycles. The van der Waals surface area contributed by atoms with E-state index < -0.39 is 0 Å². The Bertz CT molecular complexity index is 874. The van der Waals surface area contributed by atoms with Crippen molar-refractivity contribution in [1.82, 2.24) is 9.97 Å². The smallest absolute Gasteiger partial charge is 0.223 e. The zero-order valence-electron chi connectivity index (χ0n) is 15.8. The van der Waals surface area contributed by atoms with E-state index in [1.54, 1.807) is 0 Å². The lowest BCUT2D eigenvalue weighted by molar-refractivity contribution is 0.0236. The molecule has 7 nitrogen and oxygen atoms in total. The third-order valence-corrected chi connectivity index (χ3v) is 5.45. The van der Waals surface area contributed by atoms with Crippen LogP contribution in [0.5, 0.6) is 5.88 Å².